The lowest BCUT2D eigenvalue weighted by Gasteiger charge is -2.36. The molecule has 1 amide bonds. The van der Waals surface area contributed by atoms with Crippen molar-refractivity contribution in [1.29, 1.82) is 0 Å². The summed E-state index contributed by atoms with van der Waals surface area (Å²) >= 11 is 1.44. The summed E-state index contributed by atoms with van der Waals surface area (Å²) in [7, 11) is 0. The van der Waals surface area contributed by atoms with Gasteiger partial charge in [-0.3, -0.25) is 9.36 Å². The normalized spacial score (nSPS) is 13.7. The van der Waals surface area contributed by atoms with Crippen LogP contribution in [0.15, 0.2) is 90.1 Å². The fourth-order valence-electron chi connectivity index (χ4n) is 4.22. The zero-order chi connectivity index (χ0) is 24.0. The van der Waals surface area contributed by atoms with Gasteiger partial charge in [0.25, 0.3) is 0 Å². The number of nitrogens with two attached hydrogens (primary N) is 1. The number of aromatic nitrogens is 3. The second-order valence-electron chi connectivity index (χ2n) is 8.49. The van der Waals surface area contributed by atoms with Gasteiger partial charge in [0.1, 0.15) is 0 Å². The van der Waals surface area contributed by atoms with Crippen LogP contribution in [-0.2, 0) is 11.3 Å². The highest BCUT2D eigenvalue weighted by molar-refractivity contribution is 7.99. The Morgan fingerprint density at radius 3 is 2.17 bits per heavy atom. The lowest BCUT2D eigenvalue weighted by atomic mass is 10.2. The van der Waals surface area contributed by atoms with E-state index in [1.807, 2.05) is 65.6 Å². The van der Waals surface area contributed by atoms with Gasteiger partial charge >= 0.3 is 0 Å². The van der Waals surface area contributed by atoms with Crippen molar-refractivity contribution < 1.29 is 4.79 Å². The summed E-state index contributed by atoms with van der Waals surface area (Å²) < 4.78 is 2.08. The summed E-state index contributed by atoms with van der Waals surface area (Å²) in [5, 5.41) is 9.64. The first-order valence-corrected chi connectivity index (χ1v) is 12.7. The van der Waals surface area contributed by atoms with Gasteiger partial charge in [-0.25, -0.2) is 0 Å². The lowest BCUT2D eigenvalue weighted by molar-refractivity contribution is -0.128. The SMILES string of the molecule is Nc1ccc(-c2nnc(SCC(=O)N3CCN(c4ccccc4)CC3)n2Cc2ccccc2)cc1. The van der Waals surface area contributed by atoms with Gasteiger partial charge in [0, 0.05) is 43.1 Å². The molecule has 0 radical (unpaired) electrons. The average molecular weight is 485 g/mol. The van der Waals surface area contributed by atoms with Crippen LogP contribution in [0.25, 0.3) is 11.4 Å². The highest BCUT2D eigenvalue weighted by Gasteiger charge is 2.23. The minimum Gasteiger partial charge on any atom is -0.399 e. The topological polar surface area (TPSA) is 80.3 Å². The minimum atomic E-state index is 0.131. The van der Waals surface area contributed by atoms with Crippen molar-refractivity contribution >= 4 is 29.0 Å². The van der Waals surface area contributed by atoms with Gasteiger partial charge in [-0.05, 0) is 42.0 Å². The molecule has 1 aromatic heterocycles. The maximum Gasteiger partial charge on any atom is 0.233 e. The zero-order valence-corrected chi connectivity index (χ0v) is 20.3. The van der Waals surface area contributed by atoms with Gasteiger partial charge in [0.05, 0.1) is 12.3 Å². The van der Waals surface area contributed by atoms with Crippen LogP contribution < -0.4 is 10.6 Å². The Kier molecular flexibility index (Phi) is 6.99. The van der Waals surface area contributed by atoms with Crippen molar-refractivity contribution in [2.24, 2.45) is 0 Å². The van der Waals surface area contributed by atoms with Gasteiger partial charge in [0.2, 0.25) is 5.91 Å². The third-order valence-corrected chi connectivity index (χ3v) is 7.10. The minimum absolute atomic E-state index is 0.131. The third-order valence-electron chi connectivity index (χ3n) is 6.15. The van der Waals surface area contributed by atoms with Gasteiger partial charge in [0.15, 0.2) is 11.0 Å². The van der Waals surface area contributed by atoms with Crippen LogP contribution in [-0.4, -0.2) is 57.5 Å². The molecule has 0 atom stereocenters. The Balaban J connectivity index is 1.27. The second-order valence-corrected chi connectivity index (χ2v) is 9.43. The first-order valence-electron chi connectivity index (χ1n) is 11.7. The standard InChI is InChI=1S/C27H28N6OS/c28-23-13-11-22(12-14-23)26-29-30-27(33(26)19-21-7-3-1-4-8-21)35-20-25(34)32-17-15-31(16-18-32)24-9-5-2-6-10-24/h1-14H,15-20,28H2. The highest BCUT2D eigenvalue weighted by Crippen LogP contribution is 2.26. The molecule has 0 unspecified atom stereocenters. The molecule has 1 saturated heterocycles. The van der Waals surface area contributed by atoms with Crippen LogP contribution >= 0.6 is 11.8 Å². The fraction of sp³-hybridized carbons (Fsp3) is 0.222. The second kappa shape index (κ2) is 10.7. The molecule has 7 nitrogen and oxygen atoms in total. The molecule has 2 heterocycles. The molecule has 2 N–H and O–H groups in total. The molecule has 0 aliphatic carbocycles. The van der Waals surface area contributed by atoms with E-state index in [4.69, 9.17) is 5.73 Å². The number of nitrogens with zero attached hydrogens (tertiary/aromatic N) is 5. The van der Waals surface area contributed by atoms with E-state index in [2.05, 4.69) is 43.9 Å². The average Bonchev–Trinajstić information content (AvgIpc) is 3.31. The summed E-state index contributed by atoms with van der Waals surface area (Å²) in [6, 6.07) is 28.2. The van der Waals surface area contributed by atoms with E-state index >= 15 is 0 Å². The summed E-state index contributed by atoms with van der Waals surface area (Å²) in [4.78, 5) is 17.3. The molecule has 0 bridgehead atoms. The maximum atomic E-state index is 13.0. The Morgan fingerprint density at radius 1 is 0.829 bits per heavy atom. The number of carbonyl (C=O) groups is 1. The summed E-state index contributed by atoms with van der Waals surface area (Å²) in [6.45, 7) is 3.75. The number of para-hydroxylation sites is 1. The zero-order valence-electron chi connectivity index (χ0n) is 19.5. The quantitative estimate of drug-likeness (QED) is 0.315. The summed E-state index contributed by atoms with van der Waals surface area (Å²) in [6.07, 6.45) is 0. The van der Waals surface area contributed by atoms with Crippen molar-refractivity contribution in [2.75, 3.05) is 42.6 Å². The maximum absolute atomic E-state index is 13.0. The molecule has 5 rings (SSSR count). The molecule has 1 aliphatic heterocycles. The van der Waals surface area contributed by atoms with Crippen LogP contribution in [0.1, 0.15) is 5.56 Å². The Bertz CT molecular complexity index is 1250. The van der Waals surface area contributed by atoms with Gasteiger partial charge in [-0.1, -0.05) is 60.3 Å². The number of nitrogen functional groups attached to an aromatic ring is 1. The molecule has 0 spiro atoms. The van der Waals surface area contributed by atoms with Crippen molar-refractivity contribution in [3.05, 3.63) is 90.5 Å². The van der Waals surface area contributed by atoms with Crippen LogP contribution in [0.2, 0.25) is 0 Å². The number of amides is 1. The van der Waals surface area contributed by atoms with Gasteiger partial charge in [-0.15, -0.1) is 10.2 Å². The first-order chi connectivity index (χ1) is 17.2. The van der Waals surface area contributed by atoms with E-state index in [1.54, 1.807) is 0 Å². The third kappa shape index (κ3) is 5.49. The van der Waals surface area contributed by atoms with Crippen molar-refractivity contribution in [2.45, 2.75) is 11.7 Å². The van der Waals surface area contributed by atoms with Crippen LogP contribution in [0.5, 0.6) is 0 Å². The van der Waals surface area contributed by atoms with Gasteiger partial charge in [-0.2, -0.15) is 0 Å². The number of carbonyl (C=O) groups excluding carboxylic acids is 1. The van der Waals surface area contributed by atoms with E-state index in [-0.39, 0.29) is 5.91 Å². The van der Waals surface area contributed by atoms with E-state index in [0.717, 1.165) is 48.3 Å². The fourth-order valence-corrected chi connectivity index (χ4v) is 5.06. The largest absolute Gasteiger partial charge is 0.399 e. The molecular weight excluding hydrogens is 456 g/mol. The first kappa shape index (κ1) is 23.0. The van der Waals surface area contributed by atoms with Gasteiger partial charge < -0.3 is 15.5 Å². The number of hydrogen-bond donors (Lipinski definition) is 1. The predicted octanol–water partition coefficient (Wildman–Crippen LogP) is 4.02. The Hall–Kier alpha value is -3.78. The molecule has 1 fully saturated rings. The number of hydrogen-bond acceptors (Lipinski definition) is 6. The van der Waals surface area contributed by atoms with E-state index in [1.165, 1.54) is 17.4 Å². The number of thioether (sulfide) groups is 1. The van der Waals surface area contributed by atoms with E-state index < -0.39 is 0 Å². The molecule has 1 aliphatic rings. The molecule has 35 heavy (non-hydrogen) atoms. The Morgan fingerprint density at radius 2 is 1.49 bits per heavy atom. The molecule has 0 saturated carbocycles. The molecule has 8 heteroatoms. The number of piperazine rings is 1. The number of anilines is 2. The number of benzene rings is 3. The van der Waals surface area contributed by atoms with E-state index in [0.29, 0.717) is 18.0 Å². The number of rotatable bonds is 7. The Labute approximate surface area is 209 Å². The van der Waals surface area contributed by atoms with Crippen molar-refractivity contribution in [1.82, 2.24) is 19.7 Å². The van der Waals surface area contributed by atoms with Crippen molar-refractivity contribution in [3.63, 3.8) is 0 Å². The molecular formula is C27H28N6OS. The summed E-state index contributed by atoms with van der Waals surface area (Å²) in [5.74, 6) is 1.23. The van der Waals surface area contributed by atoms with E-state index in [9.17, 15) is 4.79 Å². The smallest absolute Gasteiger partial charge is 0.233 e. The monoisotopic (exact) mass is 484 g/mol. The van der Waals surface area contributed by atoms with Crippen LogP contribution in [0.3, 0.4) is 0 Å². The predicted molar refractivity (Wildman–Crippen MR) is 141 cm³/mol. The highest BCUT2D eigenvalue weighted by atomic mass is 32.2. The molecule has 178 valence electrons. The molecule has 4 aromatic rings. The van der Waals surface area contributed by atoms with Crippen LogP contribution in [0, 0.1) is 0 Å². The molecule has 3 aromatic carbocycles. The summed E-state index contributed by atoms with van der Waals surface area (Å²) in [5.41, 5.74) is 9.87. The van der Waals surface area contributed by atoms with Crippen molar-refractivity contribution in [3.8, 4) is 11.4 Å². The van der Waals surface area contributed by atoms with Crippen LogP contribution in [0.4, 0.5) is 11.4 Å². The lowest BCUT2D eigenvalue weighted by Crippen LogP contribution is -2.49.